The Labute approximate surface area is 254 Å². The number of rotatable bonds is 7. The molecule has 0 atom stereocenters. The van der Waals surface area contributed by atoms with E-state index in [0.717, 1.165) is 17.1 Å². The van der Waals surface area contributed by atoms with E-state index in [2.05, 4.69) is 193 Å². The van der Waals surface area contributed by atoms with Gasteiger partial charge in [-0.2, -0.15) is 0 Å². The molecule has 204 valence electrons. The van der Waals surface area contributed by atoms with Crippen LogP contribution in [-0.4, -0.2) is 0 Å². The fraction of sp³-hybridized carbons (Fsp3) is 0. The normalized spacial score (nSPS) is 10.8. The van der Waals surface area contributed by atoms with Crippen molar-refractivity contribution in [2.24, 2.45) is 0 Å². The third-order valence-electron chi connectivity index (χ3n) is 7.90. The van der Waals surface area contributed by atoms with Crippen molar-refractivity contribution in [3.8, 4) is 44.5 Å². The molecule has 0 spiro atoms. The minimum atomic E-state index is 1.11. The molecule has 0 heterocycles. The predicted molar refractivity (Wildman–Crippen MR) is 183 cm³/mol. The Morgan fingerprint density at radius 3 is 1.21 bits per heavy atom. The zero-order valence-corrected chi connectivity index (χ0v) is 23.8. The van der Waals surface area contributed by atoms with Crippen LogP contribution in [0, 0.1) is 0 Å². The van der Waals surface area contributed by atoms with Crippen LogP contribution in [-0.2, 0) is 0 Å². The molecule has 7 rings (SSSR count). The molecule has 0 aliphatic carbocycles. The summed E-state index contributed by atoms with van der Waals surface area (Å²) in [5.74, 6) is 0. The van der Waals surface area contributed by atoms with E-state index in [0.29, 0.717) is 0 Å². The molecular weight excluding hydrogens is 518 g/mol. The molecule has 0 aromatic heterocycles. The van der Waals surface area contributed by atoms with Crippen molar-refractivity contribution in [3.63, 3.8) is 0 Å². The van der Waals surface area contributed by atoms with E-state index < -0.39 is 0 Å². The molecule has 0 amide bonds. The van der Waals surface area contributed by atoms with Gasteiger partial charge in [0.25, 0.3) is 0 Å². The molecule has 0 saturated carbocycles. The van der Waals surface area contributed by atoms with Crippen LogP contribution in [0.3, 0.4) is 0 Å². The number of hydrogen-bond acceptors (Lipinski definition) is 1. The predicted octanol–water partition coefficient (Wildman–Crippen LogP) is 11.8. The van der Waals surface area contributed by atoms with Crippen molar-refractivity contribution < 1.29 is 0 Å². The zero-order chi connectivity index (χ0) is 28.8. The van der Waals surface area contributed by atoms with Gasteiger partial charge in [0.1, 0.15) is 0 Å². The van der Waals surface area contributed by atoms with Crippen LogP contribution in [0.1, 0.15) is 0 Å². The second kappa shape index (κ2) is 12.1. The molecule has 7 aromatic rings. The molecule has 0 N–H and O–H groups in total. The molecule has 0 radical (unpaired) electrons. The Morgan fingerprint density at radius 1 is 0.233 bits per heavy atom. The summed E-state index contributed by atoms with van der Waals surface area (Å²) in [5, 5.41) is 0. The van der Waals surface area contributed by atoms with Crippen molar-refractivity contribution in [1.82, 2.24) is 0 Å². The summed E-state index contributed by atoms with van der Waals surface area (Å²) in [6.45, 7) is 0. The van der Waals surface area contributed by atoms with Gasteiger partial charge in [-0.1, -0.05) is 152 Å². The lowest BCUT2D eigenvalue weighted by Crippen LogP contribution is -2.10. The van der Waals surface area contributed by atoms with Crippen LogP contribution < -0.4 is 4.90 Å². The number of anilines is 3. The molecule has 1 nitrogen and oxygen atoms in total. The molecular formula is C42H31N. The monoisotopic (exact) mass is 549 g/mol. The fourth-order valence-electron chi connectivity index (χ4n) is 5.81. The summed E-state index contributed by atoms with van der Waals surface area (Å²) < 4.78 is 0. The quantitative estimate of drug-likeness (QED) is 0.191. The average Bonchev–Trinajstić information content (AvgIpc) is 3.10. The first kappa shape index (κ1) is 26.3. The van der Waals surface area contributed by atoms with E-state index in [-0.39, 0.29) is 0 Å². The fourth-order valence-corrected chi connectivity index (χ4v) is 5.81. The van der Waals surface area contributed by atoms with Gasteiger partial charge < -0.3 is 4.90 Å². The van der Waals surface area contributed by atoms with Gasteiger partial charge in [-0.3, -0.25) is 0 Å². The zero-order valence-electron chi connectivity index (χ0n) is 23.8. The topological polar surface area (TPSA) is 3.24 Å². The Bertz CT molecular complexity index is 1890. The van der Waals surface area contributed by atoms with E-state index in [4.69, 9.17) is 0 Å². The smallest absolute Gasteiger partial charge is 0.0468 e. The lowest BCUT2D eigenvalue weighted by Gasteiger charge is -2.27. The first-order chi connectivity index (χ1) is 21.3. The highest BCUT2D eigenvalue weighted by Gasteiger charge is 2.18. The summed E-state index contributed by atoms with van der Waals surface area (Å²) in [6.07, 6.45) is 0. The molecule has 0 aliphatic rings. The van der Waals surface area contributed by atoms with Crippen molar-refractivity contribution in [2.45, 2.75) is 0 Å². The SMILES string of the molecule is c1ccc(-c2ccc(-c3cc(N(c4ccccc4)c4ccccc4)ccc3-c3ccccc3-c3ccccc3)cc2)cc1. The summed E-state index contributed by atoms with van der Waals surface area (Å²) in [4.78, 5) is 2.33. The largest absolute Gasteiger partial charge is 0.310 e. The van der Waals surface area contributed by atoms with Gasteiger partial charge in [-0.05, 0) is 80.9 Å². The first-order valence-corrected chi connectivity index (χ1v) is 14.7. The van der Waals surface area contributed by atoms with Gasteiger partial charge in [-0.25, -0.2) is 0 Å². The minimum absolute atomic E-state index is 1.11. The Hall–Kier alpha value is -5.66. The summed E-state index contributed by atoms with van der Waals surface area (Å²) in [6, 6.07) is 67.0. The van der Waals surface area contributed by atoms with Gasteiger partial charge in [0.05, 0.1) is 0 Å². The Balaban J connectivity index is 1.43. The molecule has 0 fully saturated rings. The van der Waals surface area contributed by atoms with Crippen molar-refractivity contribution in [1.29, 1.82) is 0 Å². The third kappa shape index (κ3) is 5.49. The third-order valence-corrected chi connectivity index (χ3v) is 7.90. The van der Waals surface area contributed by atoms with Crippen LogP contribution >= 0.6 is 0 Å². The molecule has 0 aliphatic heterocycles. The Morgan fingerprint density at radius 2 is 0.628 bits per heavy atom. The van der Waals surface area contributed by atoms with E-state index in [9.17, 15) is 0 Å². The minimum Gasteiger partial charge on any atom is -0.310 e. The van der Waals surface area contributed by atoms with Gasteiger partial charge >= 0.3 is 0 Å². The second-order valence-electron chi connectivity index (χ2n) is 10.6. The highest BCUT2D eigenvalue weighted by atomic mass is 15.1. The van der Waals surface area contributed by atoms with E-state index >= 15 is 0 Å². The van der Waals surface area contributed by atoms with Gasteiger partial charge in [-0.15, -0.1) is 0 Å². The number of para-hydroxylation sites is 2. The summed E-state index contributed by atoms with van der Waals surface area (Å²) in [7, 11) is 0. The van der Waals surface area contributed by atoms with Crippen LogP contribution in [0.15, 0.2) is 188 Å². The Kier molecular flexibility index (Phi) is 7.36. The molecule has 43 heavy (non-hydrogen) atoms. The van der Waals surface area contributed by atoms with Gasteiger partial charge in [0.2, 0.25) is 0 Å². The van der Waals surface area contributed by atoms with Gasteiger partial charge in [0.15, 0.2) is 0 Å². The van der Waals surface area contributed by atoms with Crippen LogP contribution in [0.25, 0.3) is 44.5 Å². The molecule has 1 heteroatoms. The van der Waals surface area contributed by atoms with Gasteiger partial charge in [0, 0.05) is 17.1 Å². The molecule has 0 unspecified atom stereocenters. The summed E-state index contributed by atoms with van der Waals surface area (Å²) >= 11 is 0. The maximum absolute atomic E-state index is 2.34. The average molecular weight is 550 g/mol. The van der Waals surface area contributed by atoms with Crippen molar-refractivity contribution >= 4 is 17.1 Å². The lowest BCUT2D eigenvalue weighted by molar-refractivity contribution is 1.28. The summed E-state index contributed by atoms with van der Waals surface area (Å²) in [5.41, 5.74) is 13.0. The number of nitrogens with zero attached hydrogens (tertiary/aromatic N) is 1. The van der Waals surface area contributed by atoms with Crippen molar-refractivity contribution in [2.75, 3.05) is 4.90 Å². The molecule has 7 aromatic carbocycles. The maximum atomic E-state index is 2.34. The highest BCUT2D eigenvalue weighted by Crippen LogP contribution is 2.43. The van der Waals surface area contributed by atoms with E-state index in [1.54, 1.807) is 0 Å². The second-order valence-corrected chi connectivity index (χ2v) is 10.6. The lowest BCUT2D eigenvalue weighted by atomic mass is 9.88. The molecule has 0 saturated heterocycles. The van der Waals surface area contributed by atoms with E-state index in [1.165, 1.54) is 44.5 Å². The van der Waals surface area contributed by atoms with Crippen LogP contribution in [0.4, 0.5) is 17.1 Å². The van der Waals surface area contributed by atoms with Crippen LogP contribution in [0.2, 0.25) is 0 Å². The van der Waals surface area contributed by atoms with E-state index in [1.807, 2.05) is 0 Å². The highest BCUT2D eigenvalue weighted by molar-refractivity contribution is 5.94. The number of hydrogen-bond donors (Lipinski definition) is 0. The van der Waals surface area contributed by atoms with Crippen LogP contribution in [0.5, 0.6) is 0 Å². The molecule has 0 bridgehead atoms. The maximum Gasteiger partial charge on any atom is 0.0468 e. The number of benzene rings is 7. The van der Waals surface area contributed by atoms with Crippen molar-refractivity contribution in [3.05, 3.63) is 188 Å². The first-order valence-electron chi connectivity index (χ1n) is 14.7. The standard InChI is InChI=1S/C42H31N/c1-5-15-32(16-6-1)33-25-27-35(28-26-33)42-31-38(43(36-19-9-3-10-20-36)37-21-11-4-12-22-37)29-30-41(42)40-24-14-13-23-39(40)34-17-7-2-8-18-34/h1-31H.